The number of aromatic nitrogens is 2. The molecule has 1 fully saturated rings. The van der Waals surface area contributed by atoms with Gasteiger partial charge in [0.15, 0.2) is 0 Å². The van der Waals surface area contributed by atoms with E-state index in [1.165, 1.54) is 24.0 Å². The smallest absolute Gasteiger partial charge is 0.251 e. The maximum Gasteiger partial charge on any atom is 0.251 e. The van der Waals surface area contributed by atoms with Crippen molar-refractivity contribution in [3.05, 3.63) is 83.4 Å². The molecule has 0 unspecified atom stereocenters. The van der Waals surface area contributed by atoms with Gasteiger partial charge in [0.1, 0.15) is 0 Å². The fraction of sp³-hybridized carbons (Fsp3) is 0.250. The minimum atomic E-state index is -0.0277. The van der Waals surface area contributed by atoms with Gasteiger partial charge in [0.05, 0.1) is 22.4 Å². The molecule has 4 aromatic rings. The summed E-state index contributed by atoms with van der Waals surface area (Å²) in [7, 11) is 0. The number of benzene rings is 3. The Bertz CT molecular complexity index is 1270. The molecule has 160 valence electrons. The van der Waals surface area contributed by atoms with Crippen molar-refractivity contribution in [2.75, 3.05) is 0 Å². The Morgan fingerprint density at radius 2 is 1.28 bits per heavy atom. The van der Waals surface area contributed by atoms with Crippen LogP contribution in [0.3, 0.4) is 0 Å². The van der Waals surface area contributed by atoms with E-state index in [-0.39, 0.29) is 11.9 Å². The maximum atomic E-state index is 12.8. The number of hydrogen-bond acceptors (Lipinski definition) is 3. The zero-order valence-electron chi connectivity index (χ0n) is 18.6. The second-order valence-corrected chi connectivity index (χ2v) is 8.81. The molecular formula is C28H27N3O. The number of nitrogens with one attached hydrogen (secondary N) is 1. The molecular weight excluding hydrogens is 394 g/mol. The quantitative estimate of drug-likeness (QED) is 0.423. The van der Waals surface area contributed by atoms with Crippen molar-refractivity contribution in [1.29, 1.82) is 0 Å². The molecule has 3 aromatic carbocycles. The van der Waals surface area contributed by atoms with Crippen LogP contribution in [0, 0.1) is 13.8 Å². The molecule has 0 aliphatic heterocycles. The zero-order chi connectivity index (χ0) is 22.1. The predicted molar refractivity (Wildman–Crippen MR) is 130 cm³/mol. The minimum Gasteiger partial charge on any atom is -0.349 e. The Balaban J connectivity index is 1.60. The van der Waals surface area contributed by atoms with Gasteiger partial charge in [-0.1, -0.05) is 72.5 Å². The van der Waals surface area contributed by atoms with Gasteiger partial charge in [0, 0.05) is 22.7 Å². The second kappa shape index (κ2) is 8.54. The van der Waals surface area contributed by atoms with E-state index in [0.29, 0.717) is 5.56 Å². The van der Waals surface area contributed by atoms with Crippen LogP contribution in [0.25, 0.3) is 33.5 Å². The van der Waals surface area contributed by atoms with Crippen LogP contribution in [0.15, 0.2) is 66.7 Å². The van der Waals surface area contributed by atoms with Crippen LogP contribution >= 0.6 is 0 Å². The molecule has 1 aliphatic rings. The number of fused-ring (bicyclic) bond motifs is 1. The maximum absolute atomic E-state index is 12.8. The highest BCUT2D eigenvalue weighted by Gasteiger charge is 2.19. The van der Waals surface area contributed by atoms with Crippen LogP contribution in [-0.2, 0) is 0 Å². The Morgan fingerprint density at radius 1 is 0.750 bits per heavy atom. The SMILES string of the molecule is Cc1ccc(-c2nc3ccc(C(=O)NC4CCCC4)cc3nc2-c2ccc(C)cc2)cc1. The van der Waals surface area contributed by atoms with E-state index in [9.17, 15) is 4.79 Å². The molecule has 1 heterocycles. The number of carbonyl (C=O) groups is 1. The number of amides is 1. The normalized spacial score (nSPS) is 14.1. The largest absolute Gasteiger partial charge is 0.349 e. The van der Waals surface area contributed by atoms with Gasteiger partial charge in [-0.05, 0) is 44.9 Å². The highest BCUT2D eigenvalue weighted by Crippen LogP contribution is 2.31. The molecule has 0 bridgehead atoms. The van der Waals surface area contributed by atoms with Crippen molar-refractivity contribution in [3.8, 4) is 22.5 Å². The third-order valence-electron chi connectivity index (χ3n) is 6.27. The second-order valence-electron chi connectivity index (χ2n) is 8.81. The highest BCUT2D eigenvalue weighted by molar-refractivity contribution is 5.98. The molecule has 5 rings (SSSR count). The van der Waals surface area contributed by atoms with E-state index >= 15 is 0 Å². The number of aryl methyl sites for hydroxylation is 2. The lowest BCUT2D eigenvalue weighted by atomic mass is 10.0. The third kappa shape index (κ3) is 4.13. The predicted octanol–water partition coefficient (Wildman–Crippen LogP) is 6.25. The minimum absolute atomic E-state index is 0.0277. The Morgan fingerprint density at radius 3 is 1.84 bits per heavy atom. The molecule has 0 spiro atoms. The molecule has 1 aliphatic carbocycles. The molecule has 4 heteroatoms. The van der Waals surface area contributed by atoms with Crippen LogP contribution in [0.5, 0.6) is 0 Å². The monoisotopic (exact) mass is 421 g/mol. The van der Waals surface area contributed by atoms with Gasteiger partial charge in [-0.3, -0.25) is 4.79 Å². The first-order chi connectivity index (χ1) is 15.6. The summed E-state index contributed by atoms with van der Waals surface area (Å²) in [6.07, 6.45) is 4.51. The average Bonchev–Trinajstić information content (AvgIpc) is 3.32. The Hall–Kier alpha value is -3.53. The van der Waals surface area contributed by atoms with Gasteiger partial charge in [-0.15, -0.1) is 0 Å². The van der Waals surface area contributed by atoms with Crippen molar-refractivity contribution in [2.24, 2.45) is 0 Å². The molecule has 4 nitrogen and oxygen atoms in total. The summed E-state index contributed by atoms with van der Waals surface area (Å²) in [6, 6.07) is 22.6. The van der Waals surface area contributed by atoms with Gasteiger partial charge in [-0.25, -0.2) is 9.97 Å². The van der Waals surface area contributed by atoms with Crippen LogP contribution in [0.1, 0.15) is 47.2 Å². The van der Waals surface area contributed by atoms with Crippen molar-refractivity contribution in [3.63, 3.8) is 0 Å². The highest BCUT2D eigenvalue weighted by atomic mass is 16.1. The Labute approximate surface area is 188 Å². The molecule has 0 atom stereocenters. The lowest BCUT2D eigenvalue weighted by Gasteiger charge is -2.14. The first-order valence-electron chi connectivity index (χ1n) is 11.3. The molecule has 1 N–H and O–H groups in total. The van der Waals surface area contributed by atoms with Gasteiger partial charge in [-0.2, -0.15) is 0 Å². The number of rotatable bonds is 4. The van der Waals surface area contributed by atoms with Gasteiger partial charge < -0.3 is 5.32 Å². The summed E-state index contributed by atoms with van der Waals surface area (Å²) in [5, 5.41) is 3.17. The molecule has 0 radical (unpaired) electrons. The summed E-state index contributed by atoms with van der Waals surface area (Å²) in [4.78, 5) is 22.8. The molecule has 1 aromatic heterocycles. The van der Waals surface area contributed by atoms with Gasteiger partial charge in [0.25, 0.3) is 5.91 Å². The number of hydrogen-bond donors (Lipinski definition) is 1. The van der Waals surface area contributed by atoms with E-state index in [1.54, 1.807) is 0 Å². The summed E-state index contributed by atoms with van der Waals surface area (Å²) in [5.41, 5.74) is 8.28. The average molecular weight is 422 g/mol. The first kappa shape index (κ1) is 20.4. The summed E-state index contributed by atoms with van der Waals surface area (Å²) < 4.78 is 0. The number of carbonyl (C=O) groups excluding carboxylic acids is 1. The van der Waals surface area contributed by atoms with E-state index in [1.807, 2.05) is 18.2 Å². The summed E-state index contributed by atoms with van der Waals surface area (Å²) in [6.45, 7) is 4.15. The fourth-order valence-corrected chi connectivity index (χ4v) is 4.36. The van der Waals surface area contributed by atoms with Gasteiger partial charge in [0.2, 0.25) is 0 Å². The van der Waals surface area contributed by atoms with Crippen molar-refractivity contribution < 1.29 is 4.79 Å². The Kier molecular flexibility index (Phi) is 5.44. The van der Waals surface area contributed by atoms with Gasteiger partial charge >= 0.3 is 0 Å². The summed E-state index contributed by atoms with van der Waals surface area (Å²) >= 11 is 0. The fourth-order valence-electron chi connectivity index (χ4n) is 4.36. The van der Waals surface area contributed by atoms with E-state index in [4.69, 9.17) is 9.97 Å². The van der Waals surface area contributed by atoms with Crippen LogP contribution < -0.4 is 5.32 Å². The van der Waals surface area contributed by atoms with Crippen LogP contribution in [-0.4, -0.2) is 21.9 Å². The van der Waals surface area contributed by atoms with E-state index in [0.717, 1.165) is 46.4 Å². The van der Waals surface area contributed by atoms with Crippen LogP contribution in [0.2, 0.25) is 0 Å². The standard InChI is InChI=1S/C28H27N3O/c1-18-7-11-20(12-8-18)26-27(21-13-9-19(2)10-14-21)31-25-17-22(15-16-24(25)30-26)28(32)29-23-5-3-4-6-23/h7-17,23H,3-6H2,1-2H3,(H,29,32). The summed E-state index contributed by atoms with van der Waals surface area (Å²) in [5.74, 6) is -0.0277. The van der Waals surface area contributed by atoms with E-state index < -0.39 is 0 Å². The van der Waals surface area contributed by atoms with Crippen molar-refractivity contribution in [1.82, 2.24) is 15.3 Å². The lowest BCUT2D eigenvalue weighted by molar-refractivity contribution is 0.0938. The lowest BCUT2D eigenvalue weighted by Crippen LogP contribution is -2.32. The number of nitrogens with zero attached hydrogens (tertiary/aromatic N) is 2. The topological polar surface area (TPSA) is 54.9 Å². The third-order valence-corrected chi connectivity index (χ3v) is 6.27. The molecule has 1 saturated carbocycles. The first-order valence-corrected chi connectivity index (χ1v) is 11.3. The van der Waals surface area contributed by atoms with Crippen molar-refractivity contribution in [2.45, 2.75) is 45.6 Å². The van der Waals surface area contributed by atoms with E-state index in [2.05, 4.69) is 67.7 Å². The molecule has 1 amide bonds. The van der Waals surface area contributed by atoms with Crippen molar-refractivity contribution >= 4 is 16.9 Å². The molecule has 0 saturated heterocycles. The zero-order valence-corrected chi connectivity index (χ0v) is 18.6. The van der Waals surface area contributed by atoms with Crippen LogP contribution in [0.4, 0.5) is 0 Å². The molecule has 32 heavy (non-hydrogen) atoms.